The van der Waals surface area contributed by atoms with Crippen molar-refractivity contribution >= 4 is 11.5 Å². The first-order valence-corrected chi connectivity index (χ1v) is 5.58. The summed E-state index contributed by atoms with van der Waals surface area (Å²) in [5.41, 5.74) is 0. The van der Waals surface area contributed by atoms with E-state index >= 15 is 0 Å². The van der Waals surface area contributed by atoms with Crippen LogP contribution in [0.3, 0.4) is 0 Å². The molecule has 1 aromatic heterocycles. The molecule has 2 rings (SSSR count). The van der Waals surface area contributed by atoms with Gasteiger partial charge in [0.2, 0.25) is 0 Å². The lowest BCUT2D eigenvalue weighted by Crippen LogP contribution is -2.30. The summed E-state index contributed by atoms with van der Waals surface area (Å²) in [4.78, 5) is 6.81. The third-order valence-corrected chi connectivity index (χ3v) is 3.39. The van der Waals surface area contributed by atoms with E-state index in [-0.39, 0.29) is 0 Å². The molecule has 1 atom stereocenters. The molecule has 0 radical (unpaired) electrons. The van der Waals surface area contributed by atoms with Crippen LogP contribution in [-0.4, -0.2) is 26.8 Å². The molecule has 1 aromatic rings. The van der Waals surface area contributed by atoms with Crippen LogP contribution in [-0.2, 0) is 0 Å². The molecule has 13 heavy (non-hydrogen) atoms. The van der Waals surface area contributed by atoms with Gasteiger partial charge in [0.1, 0.15) is 11.3 Å². The molecule has 0 N–H and O–H groups in total. The zero-order valence-electron chi connectivity index (χ0n) is 8.10. The van der Waals surface area contributed by atoms with Crippen LogP contribution in [0.2, 0.25) is 0 Å². The number of likely N-dealkylation sites (tertiary alicyclic amines) is 1. The molecule has 0 aromatic carbocycles. The van der Waals surface area contributed by atoms with Crippen molar-refractivity contribution < 1.29 is 0 Å². The molecule has 4 heteroatoms. The van der Waals surface area contributed by atoms with E-state index in [9.17, 15) is 0 Å². The highest BCUT2D eigenvalue weighted by atomic mass is 32.1. The van der Waals surface area contributed by atoms with E-state index < -0.39 is 0 Å². The largest absolute Gasteiger partial charge is 0.292 e. The number of aromatic nitrogens is 2. The summed E-state index contributed by atoms with van der Waals surface area (Å²) in [6.45, 7) is 5.71. The number of rotatable bonds is 2. The van der Waals surface area contributed by atoms with Crippen LogP contribution in [0.1, 0.15) is 37.7 Å². The third kappa shape index (κ3) is 1.74. The van der Waals surface area contributed by atoms with Crippen LogP contribution >= 0.6 is 11.5 Å². The van der Waals surface area contributed by atoms with Gasteiger partial charge in [-0.1, -0.05) is 0 Å². The molecule has 0 bridgehead atoms. The molecule has 0 amide bonds. The zero-order chi connectivity index (χ0) is 9.26. The molecular formula is C9H15N3S. The second-order valence-electron chi connectivity index (χ2n) is 3.77. The smallest absolute Gasteiger partial charge is 0.130 e. The standard InChI is InChI=1S/C9H15N3S/c1-7(2)12-5-3-4-8(12)9-10-6-11-13-9/h6-8H,3-5H2,1-2H3. The van der Waals surface area contributed by atoms with Crippen LogP contribution in [0.5, 0.6) is 0 Å². The summed E-state index contributed by atoms with van der Waals surface area (Å²) >= 11 is 1.54. The summed E-state index contributed by atoms with van der Waals surface area (Å²) < 4.78 is 4.06. The van der Waals surface area contributed by atoms with Crippen molar-refractivity contribution in [2.45, 2.75) is 38.8 Å². The van der Waals surface area contributed by atoms with Gasteiger partial charge < -0.3 is 0 Å². The molecule has 0 aliphatic carbocycles. The number of hydrogen-bond donors (Lipinski definition) is 0. The van der Waals surface area contributed by atoms with E-state index in [1.54, 1.807) is 6.33 Å². The van der Waals surface area contributed by atoms with Gasteiger partial charge in [-0.25, -0.2) is 4.98 Å². The zero-order valence-corrected chi connectivity index (χ0v) is 8.92. The minimum atomic E-state index is 0.535. The average molecular weight is 197 g/mol. The van der Waals surface area contributed by atoms with E-state index in [4.69, 9.17) is 0 Å². The monoisotopic (exact) mass is 197 g/mol. The Labute approximate surface area is 83.0 Å². The van der Waals surface area contributed by atoms with E-state index in [1.165, 1.54) is 35.9 Å². The normalized spacial score (nSPS) is 24.4. The first kappa shape index (κ1) is 9.09. The molecule has 0 spiro atoms. The van der Waals surface area contributed by atoms with Crippen molar-refractivity contribution in [1.82, 2.24) is 14.3 Å². The van der Waals surface area contributed by atoms with Crippen molar-refractivity contribution in [3.05, 3.63) is 11.3 Å². The summed E-state index contributed by atoms with van der Waals surface area (Å²) in [5, 5.41) is 1.19. The quantitative estimate of drug-likeness (QED) is 0.727. The fraction of sp³-hybridized carbons (Fsp3) is 0.778. The van der Waals surface area contributed by atoms with Crippen LogP contribution < -0.4 is 0 Å². The van der Waals surface area contributed by atoms with Gasteiger partial charge in [0, 0.05) is 6.04 Å². The van der Waals surface area contributed by atoms with Crippen LogP contribution in [0.4, 0.5) is 0 Å². The SMILES string of the molecule is CC(C)N1CCCC1c1ncns1. The van der Waals surface area contributed by atoms with Crippen LogP contribution in [0.25, 0.3) is 0 Å². The highest BCUT2D eigenvalue weighted by molar-refractivity contribution is 7.05. The molecule has 72 valence electrons. The second kappa shape index (κ2) is 3.72. The van der Waals surface area contributed by atoms with Gasteiger partial charge in [0.15, 0.2) is 0 Å². The Morgan fingerprint density at radius 2 is 2.46 bits per heavy atom. The maximum Gasteiger partial charge on any atom is 0.130 e. The summed E-state index contributed by atoms with van der Waals surface area (Å²) in [5.74, 6) is 0. The fourth-order valence-corrected chi connectivity index (χ4v) is 2.67. The Bertz CT molecular complexity index is 258. The van der Waals surface area contributed by atoms with Crippen LogP contribution in [0.15, 0.2) is 6.33 Å². The Morgan fingerprint density at radius 3 is 3.08 bits per heavy atom. The predicted molar refractivity (Wildman–Crippen MR) is 53.7 cm³/mol. The Hall–Kier alpha value is -0.480. The van der Waals surface area contributed by atoms with E-state index in [1.807, 2.05) is 0 Å². The highest BCUT2D eigenvalue weighted by Crippen LogP contribution is 2.33. The van der Waals surface area contributed by atoms with Crippen molar-refractivity contribution in [1.29, 1.82) is 0 Å². The lowest BCUT2D eigenvalue weighted by atomic mass is 10.2. The molecule has 1 fully saturated rings. The predicted octanol–water partition coefficient (Wildman–Crippen LogP) is 2.08. The van der Waals surface area contributed by atoms with Gasteiger partial charge >= 0.3 is 0 Å². The van der Waals surface area contributed by atoms with Gasteiger partial charge in [-0.15, -0.1) is 0 Å². The summed E-state index contributed by atoms with van der Waals surface area (Å²) in [7, 11) is 0. The topological polar surface area (TPSA) is 29.0 Å². The maximum absolute atomic E-state index is 4.30. The van der Waals surface area contributed by atoms with Gasteiger partial charge in [-0.05, 0) is 44.8 Å². The lowest BCUT2D eigenvalue weighted by molar-refractivity contribution is 0.205. The number of hydrogen-bond acceptors (Lipinski definition) is 4. The fourth-order valence-electron chi connectivity index (χ4n) is 2.00. The average Bonchev–Trinajstić information content (AvgIpc) is 2.74. The molecule has 0 saturated carbocycles. The number of nitrogens with zero attached hydrogens (tertiary/aromatic N) is 3. The molecule has 2 heterocycles. The Morgan fingerprint density at radius 1 is 1.62 bits per heavy atom. The molecule has 3 nitrogen and oxygen atoms in total. The first-order valence-electron chi connectivity index (χ1n) is 4.81. The van der Waals surface area contributed by atoms with Crippen molar-refractivity contribution in [2.75, 3.05) is 6.54 Å². The summed E-state index contributed by atoms with van der Waals surface area (Å²) in [6, 6.07) is 1.16. The molecular weight excluding hydrogens is 182 g/mol. The second-order valence-corrected chi connectivity index (χ2v) is 4.58. The maximum atomic E-state index is 4.30. The minimum Gasteiger partial charge on any atom is -0.292 e. The van der Waals surface area contributed by atoms with Crippen LogP contribution in [0, 0.1) is 0 Å². The van der Waals surface area contributed by atoms with Crippen molar-refractivity contribution in [2.24, 2.45) is 0 Å². The van der Waals surface area contributed by atoms with E-state index in [2.05, 4.69) is 28.1 Å². The minimum absolute atomic E-state index is 0.535. The summed E-state index contributed by atoms with van der Waals surface area (Å²) in [6.07, 6.45) is 4.20. The van der Waals surface area contributed by atoms with Gasteiger partial charge in [0.25, 0.3) is 0 Å². The molecule has 1 aliphatic rings. The third-order valence-electron chi connectivity index (χ3n) is 2.62. The molecule has 1 saturated heterocycles. The van der Waals surface area contributed by atoms with Gasteiger partial charge in [-0.2, -0.15) is 4.37 Å². The van der Waals surface area contributed by atoms with E-state index in [0.717, 1.165) is 0 Å². The van der Waals surface area contributed by atoms with Gasteiger partial charge in [0.05, 0.1) is 6.04 Å². The first-order chi connectivity index (χ1) is 6.29. The van der Waals surface area contributed by atoms with Gasteiger partial charge in [-0.3, -0.25) is 4.90 Å². The highest BCUT2D eigenvalue weighted by Gasteiger charge is 2.29. The lowest BCUT2D eigenvalue weighted by Gasteiger charge is -2.26. The van der Waals surface area contributed by atoms with Crippen molar-refractivity contribution in [3.63, 3.8) is 0 Å². The van der Waals surface area contributed by atoms with E-state index in [0.29, 0.717) is 12.1 Å². The molecule has 1 unspecified atom stereocenters. The Balaban J connectivity index is 2.14. The molecule has 1 aliphatic heterocycles. The van der Waals surface area contributed by atoms with Crippen molar-refractivity contribution in [3.8, 4) is 0 Å². The Kier molecular flexibility index (Phi) is 2.60.